The predicted molar refractivity (Wildman–Crippen MR) is 57.7 cm³/mol. The summed E-state index contributed by atoms with van der Waals surface area (Å²) in [4.78, 5) is 0. The van der Waals surface area contributed by atoms with E-state index < -0.39 is 5.54 Å². The number of benzene rings is 1. The van der Waals surface area contributed by atoms with Crippen molar-refractivity contribution < 1.29 is 9.13 Å². The Labute approximate surface area is 93.2 Å². The van der Waals surface area contributed by atoms with Crippen LogP contribution in [-0.2, 0) is 5.54 Å². The summed E-state index contributed by atoms with van der Waals surface area (Å²) in [7, 11) is 1.52. The van der Waals surface area contributed by atoms with Crippen molar-refractivity contribution in [3.05, 3.63) is 28.5 Å². The van der Waals surface area contributed by atoms with Crippen LogP contribution in [0.2, 0.25) is 5.02 Å². The molecule has 82 valence electrons. The highest BCUT2D eigenvalue weighted by Crippen LogP contribution is 2.45. The zero-order chi connectivity index (χ0) is 11.1. The second-order valence-corrected chi connectivity index (χ2v) is 4.39. The minimum Gasteiger partial charge on any atom is -0.495 e. The van der Waals surface area contributed by atoms with Gasteiger partial charge in [-0.15, -0.1) is 0 Å². The third-order valence-electron chi connectivity index (χ3n) is 2.99. The standard InChI is InChI=1S/C11H13ClFNO/c1-15-10-8(11(14)3-2-4-11)5-7(13)6-9(10)12/h5-6H,2-4,14H2,1H3. The molecule has 1 aliphatic rings. The summed E-state index contributed by atoms with van der Waals surface area (Å²) >= 11 is 5.90. The minimum atomic E-state index is -0.461. The van der Waals surface area contributed by atoms with E-state index in [1.807, 2.05) is 0 Å². The third-order valence-corrected chi connectivity index (χ3v) is 3.28. The summed E-state index contributed by atoms with van der Waals surface area (Å²) in [5.74, 6) is 0.132. The normalized spacial score (nSPS) is 18.4. The quantitative estimate of drug-likeness (QED) is 0.847. The summed E-state index contributed by atoms with van der Waals surface area (Å²) in [6.07, 6.45) is 2.76. The first-order chi connectivity index (χ1) is 7.07. The molecule has 0 amide bonds. The van der Waals surface area contributed by atoms with Crippen molar-refractivity contribution in [2.45, 2.75) is 24.8 Å². The second-order valence-electron chi connectivity index (χ2n) is 3.98. The van der Waals surface area contributed by atoms with Gasteiger partial charge in [0.25, 0.3) is 0 Å². The molecule has 0 atom stereocenters. The van der Waals surface area contributed by atoms with Crippen LogP contribution < -0.4 is 10.5 Å². The first-order valence-electron chi connectivity index (χ1n) is 4.89. The van der Waals surface area contributed by atoms with Gasteiger partial charge in [0.1, 0.15) is 11.6 Å². The average Bonchev–Trinajstić information content (AvgIpc) is 2.13. The Kier molecular flexibility index (Phi) is 2.61. The van der Waals surface area contributed by atoms with Crippen LogP contribution in [0.5, 0.6) is 5.75 Å². The van der Waals surface area contributed by atoms with E-state index in [-0.39, 0.29) is 10.8 Å². The number of methoxy groups -OCH3 is 1. The Morgan fingerprint density at radius 1 is 1.47 bits per heavy atom. The molecular formula is C11H13ClFNO. The molecule has 0 aromatic heterocycles. The molecule has 1 aromatic carbocycles. The zero-order valence-corrected chi connectivity index (χ0v) is 9.27. The molecule has 1 fully saturated rings. The molecule has 15 heavy (non-hydrogen) atoms. The van der Waals surface area contributed by atoms with Crippen LogP contribution in [0.1, 0.15) is 24.8 Å². The van der Waals surface area contributed by atoms with Gasteiger partial charge in [-0.1, -0.05) is 11.6 Å². The predicted octanol–water partition coefficient (Wildman–Crippen LogP) is 2.83. The van der Waals surface area contributed by atoms with E-state index in [1.54, 1.807) is 0 Å². The number of rotatable bonds is 2. The Hall–Kier alpha value is -0.800. The lowest BCUT2D eigenvalue weighted by Crippen LogP contribution is -2.43. The van der Waals surface area contributed by atoms with E-state index in [9.17, 15) is 4.39 Å². The molecule has 0 aliphatic heterocycles. The van der Waals surface area contributed by atoms with Crippen molar-refractivity contribution in [2.24, 2.45) is 5.73 Å². The highest BCUT2D eigenvalue weighted by atomic mass is 35.5. The van der Waals surface area contributed by atoms with Crippen LogP contribution in [0.4, 0.5) is 4.39 Å². The Bertz CT molecular complexity index is 390. The Morgan fingerprint density at radius 3 is 2.60 bits per heavy atom. The fraction of sp³-hybridized carbons (Fsp3) is 0.455. The molecule has 2 nitrogen and oxygen atoms in total. The van der Waals surface area contributed by atoms with Gasteiger partial charge in [-0.25, -0.2) is 4.39 Å². The van der Waals surface area contributed by atoms with Crippen molar-refractivity contribution in [1.29, 1.82) is 0 Å². The largest absolute Gasteiger partial charge is 0.495 e. The third kappa shape index (κ3) is 1.70. The number of hydrogen-bond acceptors (Lipinski definition) is 2. The van der Waals surface area contributed by atoms with Crippen LogP contribution in [0.25, 0.3) is 0 Å². The summed E-state index contributed by atoms with van der Waals surface area (Å²) in [5.41, 5.74) is 6.35. The number of halogens is 2. The fourth-order valence-electron chi connectivity index (χ4n) is 1.96. The van der Waals surface area contributed by atoms with Crippen LogP contribution in [-0.4, -0.2) is 7.11 Å². The van der Waals surface area contributed by atoms with Gasteiger partial charge in [0.05, 0.1) is 12.1 Å². The van der Waals surface area contributed by atoms with E-state index in [1.165, 1.54) is 19.2 Å². The van der Waals surface area contributed by atoms with Crippen molar-refractivity contribution in [3.63, 3.8) is 0 Å². The van der Waals surface area contributed by atoms with Gasteiger partial charge in [-0.2, -0.15) is 0 Å². The highest BCUT2D eigenvalue weighted by Gasteiger charge is 2.37. The molecule has 1 saturated carbocycles. The molecule has 0 bridgehead atoms. The van der Waals surface area contributed by atoms with Crippen LogP contribution >= 0.6 is 11.6 Å². The SMILES string of the molecule is COc1c(Cl)cc(F)cc1C1(N)CCC1. The molecular weight excluding hydrogens is 217 g/mol. The smallest absolute Gasteiger partial charge is 0.142 e. The van der Waals surface area contributed by atoms with Crippen LogP contribution in [0.15, 0.2) is 12.1 Å². The lowest BCUT2D eigenvalue weighted by molar-refractivity contribution is 0.243. The summed E-state index contributed by atoms with van der Waals surface area (Å²) in [6, 6.07) is 2.66. The number of hydrogen-bond donors (Lipinski definition) is 1. The molecule has 0 unspecified atom stereocenters. The fourth-order valence-corrected chi connectivity index (χ4v) is 2.25. The molecule has 1 aliphatic carbocycles. The molecule has 0 radical (unpaired) electrons. The topological polar surface area (TPSA) is 35.2 Å². The molecule has 1 aromatic rings. The van der Waals surface area contributed by atoms with Gasteiger partial charge in [0.15, 0.2) is 0 Å². The lowest BCUT2D eigenvalue weighted by atomic mass is 9.72. The highest BCUT2D eigenvalue weighted by molar-refractivity contribution is 6.32. The maximum Gasteiger partial charge on any atom is 0.142 e. The van der Waals surface area contributed by atoms with Crippen molar-refractivity contribution in [1.82, 2.24) is 0 Å². The van der Waals surface area contributed by atoms with E-state index >= 15 is 0 Å². The Morgan fingerprint density at radius 2 is 2.13 bits per heavy atom. The van der Waals surface area contributed by atoms with E-state index in [2.05, 4.69) is 0 Å². The number of nitrogens with two attached hydrogens (primary N) is 1. The van der Waals surface area contributed by atoms with Crippen molar-refractivity contribution in [3.8, 4) is 5.75 Å². The second kappa shape index (κ2) is 3.65. The van der Waals surface area contributed by atoms with Crippen LogP contribution in [0, 0.1) is 5.82 Å². The van der Waals surface area contributed by atoms with Gasteiger partial charge in [0, 0.05) is 11.1 Å². The van der Waals surface area contributed by atoms with Crippen molar-refractivity contribution >= 4 is 11.6 Å². The first-order valence-corrected chi connectivity index (χ1v) is 5.27. The maximum absolute atomic E-state index is 13.2. The maximum atomic E-state index is 13.2. The summed E-state index contributed by atoms with van der Waals surface area (Å²) in [6.45, 7) is 0. The lowest BCUT2D eigenvalue weighted by Gasteiger charge is -2.39. The average molecular weight is 230 g/mol. The van der Waals surface area contributed by atoms with Crippen molar-refractivity contribution in [2.75, 3.05) is 7.11 Å². The van der Waals surface area contributed by atoms with Gasteiger partial charge in [-0.05, 0) is 31.4 Å². The molecule has 2 N–H and O–H groups in total. The molecule has 0 heterocycles. The molecule has 0 saturated heterocycles. The van der Waals surface area contributed by atoms with Gasteiger partial charge in [-0.3, -0.25) is 0 Å². The van der Waals surface area contributed by atoms with Gasteiger partial charge < -0.3 is 10.5 Å². The summed E-state index contributed by atoms with van der Waals surface area (Å²) in [5, 5.41) is 0.282. The van der Waals surface area contributed by atoms with Gasteiger partial charge in [0.2, 0.25) is 0 Å². The molecule has 4 heteroatoms. The molecule has 2 rings (SSSR count). The van der Waals surface area contributed by atoms with E-state index in [0.717, 1.165) is 19.3 Å². The molecule has 0 spiro atoms. The van der Waals surface area contributed by atoms with E-state index in [4.69, 9.17) is 22.1 Å². The number of ether oxygens (including phenoxy) is 1. The zero-order valence-electron chi connectivity index (χ0n) is 8.52. The summed E-state index contributed by atoms with van der Waals surface area (Å²) < 4.78 is 18.4. The Balaban J connectivity index is 2.53. The van der Waals surface area contributed by atoms with Gasteiger partial charge >= 0.3 is 0 Å². The van der Waals surface area contributed by atoms with E-state index in [0.29, 0.717) is 11.3 Å². The van der Waals surface area contributed by atoms with Crippen LogP contribution in [0.3, 0.4) is 0 Å². The minimum absolute atomic E-state index is 0.282. The first kappa shape index (κ1) is 10.7. The monoisotopic (exact) mass is 229 g/mol.